The van der Waals surface area contributed by atoms with Crippen LogP contribution >= 0.6 is 11.8 Å². The molecule has 0 aliphatic carbocycles. The molecule has 0 unspecified atom stereocenters. The first kappa shape index (κ1) is 44.4. The second kappa shape index (κ2) is 21.8. The largest absolute Gasteiger partial charge is 0.480 e. The molecule has 18 nitrogen and oxygen atoms in total. The number of rotatable bonds is 23. The summed E-state index contributed by atoms with van der Waals surface area (Å²) in [6.07, 6.45) is 2.09. The Morgan fingerprint density at radius 2 is 1.21 bits per heavy atom. The van der Waals surface area contributed by atoms with Crippen molar-refractivity contribution in [2.24, 2.45) is 17.2 Å². The molecule has 1 aromatic heterocycles. The number of fused-ring (bicyclic) bond motifs is 1. The van der Waals surface area contributed by atoms with Crippen molar-refractivity contribution in [1.82, 2.24) is 31.6 Å². The van der Waals surface area contributed by atoms with E-state index in [4.69, 9.17) is 17.2 Å². The topological polar surface area (TPSA) is 311 Å². The molecule has 0 radical (unpaired) electrons. The number of aromatic nitrogens is 1. The van der Waals surface area contributed by atoms with Crippen LogP contribution in [-0.2, 0) is 51.2 Å². The highest BCUT2D eigenvalue weighted by atomic mass is 32.2. The molecule has 302 valence electrons. The van der Waals surface area contributed by atoms with Crippen molar-refractivity contribution >= 4 is 70.0 Å². The van der Waals surface area contributed by atoms with E-state index in [-0.39, 0.29) is 32.1 Å². The Morgan fingerprint density at radius 3 is 1.80 bits per heavy atom. The average Bonchev–Trinajstić information content (AvgIpc) is 3.56. The number of hydrogen-bond acceptors (Lipinski definition) is 10. The number of carbonyl (C=O) groups excluding carboxylic acids is 7. The second-order valence-electron chi connectivity index (χ2n) is 13.1. The van der Waals surface area contributed by atoms with Gasteiger partial charge in [0.2, 0.25) is 41.4 Å². The van der Waals surface area contributed by atoms with Gasteiger partial charge >= 0.3 is 5.97 Å². The lowest BCUT2D eigenvalue weighted by molar-refractivity contribution is -0.142. The number of nitrogens with two attached hydrogens (primary N) is 3. The molecule has 0 aliphatic rings. The van der Waals surface area contributed by atoms with E-state index in [1.807, 2.05) is 24.3 Å². The number of primary amides is 2. The number of aromatic amines is 1. The summed E-state index contributed by atoms with van der Waals surface area (Å²) < 4.78 is 0. The molecule has 0 saturated heterocycles. The number of carbonyl (C=O) groups is 8. The molecule has 7 amide bonds. The molecule has 0 fully saturated rings. The maximum atomic E-state index is 14.0. The van der Waals surface area contributed by atoms with Gasteiger partial charge in [-0.05, 0) is 49.0 Å². The monoisotopic (exact) mass is 795 g/mol. The van der Waals surface area contributed by atoms with E-state index < -0.39 is 90.0 Å². The maximum absolute atomic E-state index is 14.0. The molecule has 0 saturated carbocycles. The van der Waals surface area contributed by atoms with Gasteiger partial charge in [0.25, 0.3) is 0 Å². The van der Waals surface area contributed by atoms with Gasteiger partial charge in [0.05, 0.1) is 12.5 Å². The number of aliphatic carboxylic acids is 1. The smallest absolute Gasteiger partial charge is 0.326 e. The van der Waals surface area contributed by atoms with Crippen LogP contribution in [0, 0.1) is 0 Å². The fourth-order valence-corrected chi connectivity index (χ4v) is 6.11. The van der Waals surface area contributed by atoms with Gasteiger partial charge in [0.1, 0.15) is 30.2 Å². The summed E-state index contributed by atoms with van der Waals surface area (Å²) >= 11 is 1.39. The van der Waals surface area contributed by atoms with Crippen molar-refractivity contribution in [3.05, 3.63) is 71.9 Å². The molecule has 13 N–H and O–H groups in total. The molecular formula is C37H49N9O9S. The van der Waals surface area contributed by atoms with Crippen molar-refractivity contribution in [3.63, 3.8) is 0 Å². The third-order valence-electron chi connectivity index (χ3n) is 8.64. The van der Waals surface area contributed by atoms with Crippen LogP contribution in [0.5, 0.6) is 0 Å². The zero-order chi connectivity index (χ0) is 41.4. The molecule has 3 aromatic rings. The Balaban J connectivity index is 1.86. The van der Waals surface area contributed by atoms with Crippen LogP contribution in [0.1, 0.15) is 43.7 Å². The summed E-state index contributed by atoms with van der Waals surface area (Å²) in [5.74, 6) is -6.90. The van der Waals surface area contributed by atoms with Crippen molar-refractivity contribution in [2.45, 2.75) is 81.7 Å². The van der Waals surface area contributed by atoms with Gasteiger partial charge in [0, 0.05) is 36.4 Å². The van der Waals surface area contributed by atoms with Gasteiger partial charge in [-0.15, -0.1) is 0 Å². The van der Waals surface area contributed by atoms with Crippen LogP contribution in [0.15, 0.2) is 60.8 Å². The predicted octanol–water partition coefficient (Wildman–Crippen LogP) is -1.30. The molecule has 0 bridgehead atoms. The van der Waals surface area contributed by atoms with E-state index in [2.05, 4.69) is 31.6 Å². The lowest BCUT2D eigenvalue weighted by Gasteiger charge is -2.27. The highest BCUT2D eigenvalue weighted by Gasteiger charge is 2.33. The van der Waals surface area contributed by atoms with Crippen LogP contribution in [0.25, 0.3) is 10.9 Å². The van der Waals surface area contributed by atoms with Crippen LogP contribution < -0.4 is 43.8 Å². The lowest BCUT2D eigenvalue weighted by Crippen LogP contribution is -2.60. The number of carboxylic acids is 1. The number of nitrogens with one attached hydrogen (secondary N) is 6. The first-order valence-electron chi connectivity index (χ1n) is 17.7. The van der Waals surface area contributed by atoms with Crippen molar-refractivity contribution in [1.29, 1.82) is 0 Å². The maximum Gasteiger partial charge on any atom is 0.326 e. The normalized spacial score (nSPS) is 14.2. The molecule has 1 heterocycles. The van der Waals surface area contributed by atoms with Crippen LogP contribution in [0.4, 0.5) is 0 Å². The number of carboxylic acid groups (broad SMARTS) is 1. The first-order valence-corrected chi connectivity index (χ1v) is 19.1. The van der Waals surface area contributed by atoms with E-state index in [1.165, 1.54) is 18.7 Å². The number of amides is 7. The number of H-pyrrole nitrogens is 1. The number of para-hydroxylation sites is 1. The summed E-state index contributed by atoms with van der Waals surface area (Å²) in [5, 5.41) is 23.3. The quantitative estimate of drug-likeness (QED) is 0.0538. The Hall–Kier alpha value is -5.95. The van der Waals surface area contributed by atoms with E-state index in [0.717, 1.165) is 10.9 Å². The highest BCUT2D eigenvalue weighted by Crippen LogP contribution is 2.19. The average molecular weight is 796 g/mol. The third-order valence-corrected chi connectivity index (χ3v) is 9.28. The summed E-state index contributed by atoms with van der Waals surface area (Å²) in [6, 6.07) is 7.88. The third kappa shape index (κ3) is 14.0. The van der Waals surface area contributed by atoms with Crippen LogP contribution in [0.2, 0.25) is 0 Å². The summed E-state index contributed by atoms with van der Waals surface area (Å²) in [4.78, 5) is 106. The minimum atomic E-state index is -1.53. The summed E-state index contributed by atoms with van der Waals surface area (Å²) in [7, 11) is 0. The molecular weight excluding hydrogens is 747 g/mol. The minimum absolute atomic E-state index is 0.0470. The minimum Gasteiger partial charge on any atom is -0.480 e. The zero-order valence-electron chi connectivity index (χ0n) is 31.0. The molecule has 2 aromatic carbocycles. The summed E-state index contributed by atoms with van der Waals surface area (Å²) in [5.41, 5.74) is 18.3. The van der Waals surface area contributed by atoms with Gasteiger partial charge in [0.15, 0.2) is 0 Å². The van der Waals surface area contributed by atoms with E-state index in [1.54, 1.807) is 42.8 Å². The molecule has 0 aliphatic heterocycles. The van der Waals surface area contributed by atoms with Crippen LogP contribution in [-0.4, -0.2) is 106 Å². The SMILES string of the molecule is CSCC[C@H](NC(=O)[C@H](Cc1ccccc1)NC(=O)[C@H](CCC(N)=O)NC(=O)[C@H](CC(N)=O)NC(=O)[C@H](C)N)C(=O)N[C@@H](Cc1c[nH]c2ccccc12)C(=O)O. The predicted molar refractivity (Wildman–Crippen MR) is 208 cm³/mol. The van der Waals surface area contributed by atoms with Crippen LogP contribution in [0.3, 0.4) is 0 Å². The van der Waals surface area contributed by atoms with E-state index >= 15 is 0 Å². The fourth-order valence-electron chi connectivity index (χ4n) is 5.64. The molecule has 19 heteroatoms. The van der Waals surface area contributed by atoms with E-state index in [9.17, 15) is 43.5 Å². The fraction of sp³-hybridized carbons (Fsp3) is 0.405. The van der Waals surface area contributed by atoms with Gasteiger partial charge < -0.3 is 53.9 Å². The van der Waals surface area contributed by atoms with Gasteiger partial charge in [-0.3, -0.25) is 33.6 Å². The number of benzene rings is 2. The van der Waals surface area contributed by atoms with Crippen molar-refractivity contribution in [2.75, 3.05) is 12.0 Å². The second-order valence-corrected chi connectivity index (χ2v) is 14.1. The first-order chi connectivity index (χ1) is 26.6. The number of thioether (sulfide) groups is 1. The van der Waals surface area contributed by atoms with Gasteiger partial charge in [-0.25, -0.2) is 4.79 Å². The van der Waals surface area contributed by atoms with Gasteiger partial charge in [-0.1, -0.05) is 48.5 Å². The Kier molecular flexibility index (Phi) is 17.3. The number of hydrogen-bond donors (Lipinski definition) is 10. The van der Waals surface area contributed by atoms with Gasteiger partial charge in [-0.2, -0.15) is 11.8 Å². The Bertz CT molecular complexity index is 1870. The zero-order valence-corrected chi connectivity index (χ0v) is 31.9. The standard InChI is InChI=1S/C37H49N9O9S/c1-20(38)32(49)44-28(18-31(40)48)36(53)42-25(12-13-30(39)47)33(50)45-27(16-21-8-4-3-5-9-21)35(52)43-26(14-15-56-2)34(51)46-29(37(54)55)17-22-19-41-24-11-7-6-10-23(22)24/h3-11,19-20,25-29,41H,12-18,38H2,1-2H3,(H2,39,47)(H2,40,48)(H,42,53)(H,43,52)(H,44,49)(H,45,50)(H,46,51)(H,54,55)/t20-,25-,26-,27-,28-,29-/m0/s1. The Morgan fingerprint density at radius 1 is 0.679 bits per heavy atom. The summed E-state index contributed by atoms with van der Waals surface area (Å²) in [6.45, 7) is 1.35. The Labute approximate surface area is 327 Å². The molecule has 0 spiro atoms. The molecule has 6 atom stereocenters. The highest BCUT2D eigenvalue weighted by molar-refractivity contribution is 7.98. The van der Waals surface area contributed by atoms with Crippen molar-refractivity contribution < 1.29 is 43.5 Å². The molecule has 56 heavy (non-hydrogen) atoms. The van der Waals surface area contributed by atoms with E-state index in [0.29, 0.717) is 16.9 Å². The molecule has 3 rings (SSSR count). The lowest BCUT2D eigenvalue weighted by atomic mass is 10.0. The van der Waals surface area contributed by atoms with Crippen molar-refractivity contribution in [3.8, 4) is 0 Å².